The summed E-state index contributed by atoms with van der Waals surface area (Å²) in [5.41, 5.74) is -0.778. The molecular formula is C14H24N2O3. The Morgan fingerprint density at radius 1 is 0.947 bits per heavy atom. The highest BCUT2D eigenvalue weighted by Crippen LogP contribution is 2.30. The lowest BCUT2D eigenvalue weighted by Gasteiger charge is -2.39. The van der Waals surface area contributed by atoms with Gasteiger partial charge in [-0.05, 0) is 32.6 Å². The van der Waals surface area contributed by atoms with Gasteiger partial charge >= 0.3 is 12.0 Å². The average Bonchev–Trinajstić information content (AvgIpc) is 2.66. The number of aliphatic carboxylic acids is 1. The number of hydrogen-bond acceptors (Lipinski definition) is 2. The van der Waals surface area contributed by atoms with Crippen molar-refractivity contribution in [1.82, 2.24) is 9.80 Å². The quantitative estimate of drug-likeness (QED) is 0.793. The van der Waals surface area contributed by atoms with Crippen LogP contribution >= 0.6 is 0 Å². The minimum atomic E-state index is -0.791. The van der Waals surface area contributed by atoms with E-state index in [0.29, 0.717) is 19.5 Å². The largest absolute Gasteiger partial charge is 0.481 e. The number of likely N-dealkylation sites (tertiary alicyclic amines) is 2. The molecule has 1 N–H and O–H groups in total. The first-order valence-corrected chi connectivity index (χ1v) is 7.30. The van der Waals surface area contributed by atoms with Crippen LogP contribution in [0.15, 0.2) is 0 Å². The Morgan fingerprint density at radius 3 is 2.11 bits per heavy atom. The molecule has 108 valence electrons. The van der Waals surface area contributed by atoms with E-state index in [1.54, 1.807) is 11.8 Å². The summed E-state index contributed by atoms with van der Waals surface area (Å²) in [7, 11) is 0. The van der Waals surface area contributed by atoms with E-state index in [1.165, 1.54) is 12.8 Å². The molecule has 1 atom stereocenters. The van der Waals surface area contributed by atoms with Crippen LogP contribution in [0.3, 0.4) is 0 Å². The van der Waals surface area contributed by atoms with Crippen molar-refractivity contribution in [3.63, 3.8) is 0 Å². The van der Waals surface area contributed by atoms with Gasteiger partial charge in [0.1, 0.15) is 0 Å². The molecule has 0 aromatic rings. The van der Waals surface area contributed by atoms with Crippen molar-refractivity contribution in [2.45, 2.75) is 45.4 Å². The average molecular weight is 268 g/mol. The van der Waals surface area contributed by atoms with Crippen LogP contribution in [0.25, 0.3) is 0 Å². The SMILES string of the molecule is CC1(C(=O)O)CCCN(C(=O)N2CCCCCC2)C1. The number of carboxylic acids is 1. The van der Waals surface area contributed by atoms with E-state index < -0.39 is 11.4 Å². The van der Waals surface area contributed by atoms with E-state index in [-0.39, 0.29) is 6.03 Å². The molecule has 2 aliphatic heterocycles. The summed E-state index contributed by atoms with van der Waals surface area (Å²) in [6, 6.07) is 0.0362. The molecule has 2 heterocycles. The lowest BCUT2D eigenvalue weighted by Crippen LogP contribution is -2.52. The van der Waals surface area contributed by atoms with Gasteiger partial charge in [0.2, 0.25) is 0 Å². The van der Waals surface area contributed by atoms with Gasteiger partial charge in [0.15, 0.2) is 0 Å². The smallest absolute Gasteiger partial charge is 0.320 e. The number of piperidine rings is 1. The van der Waals surface area contributed by atoms with Gasteiger partial charge < -0.3 is 14.9 Å². The number of rotatable bonds is 1. The zero-order valence-electron chi connectivity index (χ0n) is 11.7. The van der Waals surface area contributed by atoms with Crippen molar-refractivity contribution in [1.29, 1.82) is 0 Å². The molecule has 0 aliphatic carbocycles. The van der Waals surface area contributed by atoms with Gasteiger partial charge in [0.05, 0.1) is 5.41 Å². The van der Waals surface area contributed by atoms with E-state index in [4.69, 9.17) is 0 Å². The second-order valence-electron chi connectivity index (χ2n) is 6.07. The van der Waals surface area contributed by atoms with Gasteiger partial charge in [-0.3, -0.25) is 4.79 Å². The number of carboxylic acid groups (broad SMARTS) is 1. The Bertz CT molecular complexity index is 351. The molecule has 2 aliphatic rings. The molecule has 0 spiro atoms. The van der Waals surface area contributed by atoms with Gasteiger partial charge in [-0.25, -0.2) is 4.79 Å². The van der Waals surface area contributed by atoms with Crippen molar-refractivity contribution < 1.29 is 14.7 Å². The first-order valence-electron chi connectivity index (χ1n) is 7.30. The molecule has 2 saturated heterocycles. The van der Waals surface area contributed by atoms with E-state index in [1.807, 2.05) is 4.90 Å². The summed E-state index contributed by atoms with van der Waals surface area (Å²) in [5, 5.41) is 9.30. The van der Waals surface area contributed by atoms with Gasteiger partial charge in [-0.15, -0.1) is 0 Å². The Labute approximate surface area is 114 Å². The zero-order chi connectivity index (χ0) is 13.9. The molecule has 0 radical (unpaired) electrons. The van der Waals surface area contributed by atoms with E-state index in [9.17, 15) is 14.7 Å². The highest BCUT2D eigenvalue weighted by molar-refractivity contribution is 5.78. The summed E-state index contributed by atoms with van der Waals surface area (Å²) in [5.74, 6) is -0.791. The molecular weight excluding hydrogens is 244 g/mol. The number of urea groups is 1. The fourth-order valence-electron chi connectivity index (χ4n) is 3.04. The number of nitrogens with zero attached hydrogens (tertiary/aromatic N) is 2. The molecule has 2 rings (SSSR count). The van der Waals surface area contributed by atoms with Crippen molar-refractivity contribution in [3.8, 4) is 0 Å². The summed E-state index contributed by atoms with van der Waals surface area (Å²) in [6.45, 7) is 4.42. The lowest BCUT2D eigenvalue weighted by molar-refractivity contribution is -0.150. The highest BCUT2D eigenvalue weighted by Gasteiger charge is 2.40. The molecule has 2 amide bonds. The lowest BCUT2D eigenvalue weighted by atomic mass is 9.82. The molecule has 5 nitrogen and oxygen atoms in total. The van der Waals surface area contributed by atoms with E-state index in [2.05, 4.69) is 0 Å². The maximum absolute atomic E-state index is 12.5. The van der Waals surface area contributed by atoms with Crippen LogP contribution in [-0.2, 0) is 4.79 Å². The molecule has 1 unspecified atom stereocenters. The summed E-state index contributed by atoms with van der Waals surface area (Å²) >= 11 is 0. The molecule has 5 heteroatoms. The van der Waals surface area contributed by atoms with Crippen LogP contribution in [0, 0.1) is 5.41 Å². The van der Waals surface area contributed by atoms with Crippen molar-refractivity contribution in [2.75, 3.05) is 26.2 Å². The van der Waals surface area contributed by atoms with Crippen molar-refractivity contribution in [2.24, 2.45) is 5.41 Å². The van der Waals surface area contributed by atoms with E-state index in [0.717, 1.165) is 32.4 Å². The molecule has 0 aromatic carbocycles. The molecule has 0 saturated carbocycles. The minimum Gasteiger partial charge on any atom is -0.481 e. The maximum Gasteiger partial charge on any atom is 0.320 e. The Kier molecular flexibility index (Phi) is 4.32. The van der Waals surface area contributed by atoms with Crippen LogP contribution in [0.4, 0.5) is 4.79 Å². The van der Waals surface area contributed by atoms with Crippen LogP contribution in [0.1, 0.15) is 45.4 Å². The fraction of sp³-hybridized carbons (Fsp3) is 0.857. The predicted molar refractivity (Wildman–Crippen MR) is 72.0 cm³/mol. The molecule has 19 heavy (non-hydrogen) atoms. The van der Waals surface area contributed by atoms with Crippen LogP contribution < -0.4 is 0 Å². The third-order valence-electron chi connectivity index (χ3n) is 4.36. The van der Waals surface area contributed by atoms with Crippen molar-refractivity contribution in [3.05, 3.63) is 0 Å². The first kappa shape index (κ1) is 14.2. The molecule has 0 bridgehead atoms. The number of carbonyl (C=O) groups excluding carboxylic acids is 1. The second kappa shape index (κ2) is 5.80. The third-order valence-corrected chi connectivity index (χ3v) is 4.36. The Balaban J connectivity index is 2.00. The van der Waals surface area contributed by atoms with Crippen LogP contribution in [0.5, 0.6) is 0 Å². The first-order chi connectivity index (χ1) is 9.03. The normalized spacial score (nSPS) is 28.9. The molecule has 2 fully saturated rings. The van der Waals surface area contributed by atoms with E-state index >= 15 is 0 Å². The molecule has 0 aromatic heterocycles. The summed E-state index contributed by atoms with van der Waals surface area (Å²) in [6.07, 6.45) is 5.95. The topological polar surface area (TPSA) is 60.9 Å². The summed E-state index contributed by atoms with van der Waals surface area (Å²) < 4.78 is 0. The maximum atomic E-state index is 12.5. The van der Waals surface area contributed by atoms with Gasteiger partial charge in [0, 0.05) is 26.2 Å². The number of hydrogen-bond donors (Lipinski definition) is 1. The second-order valence-corrected chi connectivity index (χ2v) is 6.07. The minimum absolute atomic E-state index is 0.0362. The van der Waals surface area contributed by atoms with Gasteiger partial charge in [0.25, 0.3) is 0 Å². The Hall–Kier alpha value is -1.26. The monoisotopic (exact) mass is 268 g/mol. The standard InChI is InChI=1S/C14H24N2O3/c1-14(12(17)18)7-6-10-16(11-14)13(19)15-8-4-2-3-5-9-15/h2-11H2,1H3,(H,17,18). The van der Waals surface area contributed by atoms with Crippen LogP contribution in [-0.4, -0.2) is 53.1 Å². The fourth-order valence-corrected chi connectivity index (χ4v) is 3.04. The highest BCUT2D eigenvalue weighted by atomic mass is 16.4. The third kappa shape index (κ3) is 3.19. The zero-order valence-corrected chi connectivity index (χ0v) is 11.7. The van der Waals surface area contributed by atoms with Gasteiger partial charge in [-0.1, -0.05) is 12.8 Å². The Morgan fingerprint density at radius 2 is 1.53 bits per heavy atom. The van der Waals surface area contributed by atoms with Crippen molar-refractivity contribution >= 4 is 12.0 Å². The summed E-state index contributed by atoms with van der Waals surface area (Å²) in [4.78, 5) is 27.4. The number of amides is 2. The predicted octanol–water partition coefficient (Wildman–Crippen LogP) is 2.17. The number of carbonyl (C=O) groups is 2. The van der Waals surface area contributed by atoms with Gasteiger partial charge in [-0.2, -0.15) is 0 Å². The van der Waals surface area contributed by atoms with Crippen LogP contribution in [0.2, 0.25) is 0 Å².